The van der Waals surface area contributed by atoms with Crippen molar-refractivity contribution in [3.05, 3.63) is 0 Å². The van der Waals surface area contributed by atoms with Crippen molar-refractivity contribution in [1.82, 2.24) is 0 Å². The summed E-state index contributed by atoms with van der Waals surface area (Å²) < 4.78 is 71.6. The largest absolute Gasteiger partial charge is 0.511 e. The van der Waals surface area contributed by atoms with Gasteiger partial charge in [-0.15, -0.1) is 0 Å². The Labute approximate surface area is 66.9 Å². The van der Waals surface area contributed by atoms with E-state index in [0.717, 1.165) is 0 Å². The zero-order chi connectivity index (χ0) is 10.9. The molecule has 1 unspecified atom stereocenters. The topological polar surface area (TPSA) is 49.4 Å². The molecular weight excluding hydrogens is 210 g/mol. The van der Waals surface area contributed by atoms with E-state index in [-0.39, 0.29) is 0 Å². The lowest BCUT2D eigenvalue weighted by molar-refractivity contribution is -0.356. The van der Waals surface area contributed by atoms with E-state index in [1.165, 1.54) is 0 Å². The van der Waals surface area contributed by atoms with Crippen LogP contribution in [0, 0.1) is 0 Å². The molecule has 0 N–H and O–H groups in total. The van der Waals surface area contributed by atoms with Gasteiger partial charge < -0.3 is 14.6 Å². The highest BCUT2D eigenvalue weighted by atomic mass is 19.4. The quantitative estimate of drug-likeness (QED) is 0.502. The Morgan fingerprint density at radius 1 is 1.23 bits per heavy atom. The first-order chi connectivity index (χ1) is 5.59. The molecule has 0 heterocycles. The van der Waals surface area contributed by atoms with Crippen LogP contribution < -0.4 is 5.11 Å². The first kappa shape index (κ1) is 11.8. The van der Waals surface area contributed by atoms with Crippen molar-refractivity contribution in [1.29, 1.82) is 0 Å². The van der Waals surface area contributed by atoms with Crippen LogP contribution in [-0.4, -0.2) is 24.6 Å². The average molecular weight is 211 g/mol. The number of ether oxygens (including phenoxy) is 1. The van der Waals surface area contributed by atoms with Crippen molar-refractivity contribution in [3.63, 3.8) is 0 Å². The van der Waals surface area contributed by atoms with E-state index in [1.807, 2.05) is 0 Å². The van der Waals surface area contributed by atoms with Crippen molar-refractivity contribution < 1.29 is 41.0 Å². The van der Waals surface area contributed by atoms with Crippen molar-refractivity contribution >= 4 is 6.16 Å². The number of alkyl halides is 6. The Balaban J connectivity index is 4.54. The Bertz CT molecular complexity index is 199. The molecule has 0 aromatic rings. The molecule has 78 valence electrons. The lowest BCUT2D eigenvalue weighted by Crippen LogP contribution is -2.48. The van der Waals surface area contributed by atoms with Crippen LogP contribution in [0.1, 0.15) is 0 Å². The monoisotopic (exact) mass is 211 g/mol. The molecule has 3 nitrogen and oxygen atoms in total. The van der Waals surface area contributed by atoms with Gasteiger partial charge in [-0.05, 0) is 0 Å². The third-order valence-corrected chi connectivity index (χ3v) is 0.863. The maximum absolute atomic E-state index is 11.8. The average Bonchev–Trinajstić information content (AvgIpc) is 1.82. The number of halogens is 6. The highest BCUT2D eigenvalue weighted by Crippen LogP contribution is 2.39. The first-order valence-corrected chi connectivity index (χ1v) is 2.55. The van der Waals surface area contributed by atoms with Gasteiger partial charge in [0, 0.05) is 0 Å². The normalized spacial score (nSPS) is 15.2. The van der Waals surface area contributed by atoms with Gasteiger partial charge in [0.2, 0.25) is 0 Å². The summed E-state index contributed by atoms with van der Waals surface area (Å²) in [6.45, 7) is 0. The Kier molecular flexibility index (Phi) is 3.01. The van der Waals surface area contributed by atoms with E-state index in [1.54, 1.807) is 0 Å². The fourth-order valence-corrected chi connectivity index (χ4v) is 0.287. The highest BCUT2D eigenvalue weighted by Gasteiger charge is 2.63. The van der Waals surface area contributed by atoms with Crippen molar-refractivity contribution in [2.45, 2.75) is 18.5 Å². The molecule has 0 saturated heterocycles. The van der Waals surface area contributed by atoms with Gasteiger partial charge in [0.1, 0.15) is 0 Å². The molecule has 0 saturated carbocycles. The maximum Gasteiger partial charge on any atom is 0.458 e. The molecule has 0 aliphatic heterocycles. The number of carboxylic acid groups (broad SMARTS) is 1. The molecule has 0 spiro atoms. The number of hydrogen-bond acceptors (Lipinski definition) is 3. The summed E-state index contributed by atoms with van der Waals surface area (Å²) in [5, 5.41) is 9.31. The van der Waals surface area contributed by atoms with E-state index in [9.17, 15) is 36.2 Å². The minimum atomic E-state index is -6.22. The molecule has 0 amide bonds. The molecule has 0 aliphatic rings. The zero-order valence-corrected chi connectivity index (χ0v) is 5.57. The molecule has 1 atom stereocenters. The first-order valence-electron chi connectivity index (χ1n) is 2.55. The summed E-state index contributed by atoms with van der Waals surface area (Å²) in [5.74, 6) is -5.88. The maximum atomic E-state index is 11.8. The van der Waals surface area contributed by atoms with Crippen LogP contribution in [0.2, 0.25) is 0 Å². The second kappa shape index (κ2) is 3.30. The molecule has 0 aliphatic carbocycles. The Morgan fingerprint density at radius 3 is 1.85 bits per heavy atom. The van der Waals surface area contributed by atoms with Gasteiger partial charge in [-0.25, -0.2) is 4.39 Å². The lowest BCUT2D eigenvalue weighted by Gasteiger charge is -2.25. The fourth-order valence-electron chi connectivity index (χ4n) is 0.287. The minimum absolute atomic E-state index is 2.51. The summed E-state index contributed by atoms with van der Waals surface area (Å²) >= 11 is 0. The van der Waals surface area contributed by atoms with Crippen LogP contribution in [0.5, 0.6) is 0 Å². The van der Waals surface area contributed by atoms with Gasteiger partial charge in [-0.3, -0.25) is 0 Å². The zero-order valence-electron chi connectivity index (χ0n) is 5.57. The predicted molar refractivity (Wildman–Crippen MR) is 22.4 cm³/mol. The van der Waals surface area contributed by atoms with Gasteiger partial charge >= 0.3 is 12.1 Å². The molecule has 0 radical (unpaired) electrons. The molecule has 0 aromatic heterocycles. The van der Waals surface area contributed by atoms with Crippen LogP contribution in [0.25, 0.3) is 0 Å². The molecular formula is C4HF6O3-. The third-order valence-electron chi connectivity index (χ3n) is 0.863. The highest BCUT2D eigenvalue weighted by molar-refractivity contribution is 5.54. The Hall–Kier alpha value is -1.15. The smallest absolute Gasteiger partial charge is 0.458 e. The van der Waals surface area contributed by atoms with Crippen LogP contribution in [0.4, 0.5) is 31.1 Å². The Morgan fingerprint density at radius 2 is 1.62 bits per heavy atom. The van der Waals surface area contributed by atoms with Gasteiger partial charge in [0.15, 0.2) is 0 Å². The van der Waals surface area contributed by atoms with Crippen molar-refractivity contribution in [3.8, 4) is 0 Å². The number of hydrogen-bond donors (Lipinski definition) is 0. The minimum Gasteiger partial charge on any atom is -0.511 e. The standard InChI is InChI=1S/C4H2F6O3/c5-1(13-2(11)12)3(6,7)4(8,9)10/h1H,(H,11,12)/p-1. The number of carbonyl (C=O) groups is 1. The van der Waals surface area contributed by atoms with Crippen LogP contribution in [0.15, 0.2) is 0 Å². The second-order valence-electron chi connectivity index (χ2n) is 1.80. The van der Waals surface area contributed by atoms with E-state index < -0.39 is 24.6 Å². The molecule has 9 heteroatoms. The summed E-state index contributed by atoms with van der Waals surface area (Å²) in [6, 6.07) is 0. The van der Waals surface area contributed by atoms with Gasteiger partial charge in [-0.1, -0.05) is 0 Å². The third kappa shape index (κ3) is 2.67. The second-order valence-corrected chi connectivity index (χ2v) is 1.80. The van der Waals surface area contributed by atoms with E-state index >= 15 is 0 Å². The predicted octanol–water partition coefficient (Wildman–Crippen LogP) is 0.840. The lowest BCUT2D eigenvalue weighted by atomic mass is 10.3. The fraction of sp³-hybridized carbons (Fsp3) is 0.750. The summed E-state index contributed by atoms with van der Waals surface area (Å²) in [4.78, 5) is 9.31. The number of carbonyl (C=O) groups excluding carboxylic acids is 1. The van der Waals surface area contributed by atoms with Gasteiger partial charge in [0.05, 0.1) is 0 Å². The van der Waals surface area contributed by atoms with Crippen molar-refractivity contribution in [2.75, 3.05) is 0 Å². The van der Waals surface area contributed by atoms with Crippen molar-refractivity contribution in [2.24, 2.45) is 0 Å². The van der Waals surface area contributed by atoms with Gasteiger partial charge in [-0.2, -0.15) is 22.0 Å². The van der Waals surface area contributed by atoms with Crippen LogP contribution >= 0.6 is 0 Å². The van der Waals surface area contributed by atoms with E-state index in [4.69, 9.17) is 0 Å². The summed E-state index contributed by atoms with van der Waals surface area (Å²) in [7, 11) is 0. The van der Waals surface area contributed by atoms with E-state index in [2.05, 4.69) is 4.74 Å². The summed E-state index contributed by atoms with van der Waals surface area (Å²) in [5.41, 5.74) is 0. The van der Waals surface area contributed by atoms with Crippen LogP contribution in [-0.2, 0) is 4.74 Å². The molecule has 0 bridgehead atoms. The van der Waals surface area contributed by atoms with Gasteiger partial charge in [0.25, 0.3) is 12.5 Å². The SMILES string of the molecule is O=C([O-])OC(F)C(F)(F)C(F)(F)F. The molecule has 0 fully saturated rings. The molecule has 13 heavy (non-hydrogen) atoms. The van der Waals surface area contributed by atoms with E-state index in [0.29, 0.717) is 0 Å². The number of rotatable bonds is 2. The molecule has 0 aromatic carbocycles. The summed E-state index contributed by atoms with van der Waals surface area (Å²) in [6.07, 6.45) is -13.4. The molecule has 0 rings (SSSR count). The van der Waals surface area contributed by atoms with Crippen LogP contribution in [0.3, 0.4) is 0 Å².